The van der Waals surface area contributed by atoms with Gasteiger partial charge in [0.1, 0.15) is 5.41 Å². The van der Waals surface area contributed by atoms with E-state index in [1.807, 2.05) is 0 Å². The van der Waals surface area contributed by atoms with E-state index in [-0.39, 0.29) is 19.3 Å². The lowest BCUT2D eigenvalue weighted by atomic mass is 9.63. The highest BCUT2D eigenvalue weighted by Gasteiger charge is 2.75. The Kier molecular flexibility index (Phi) is 1.84. The summed E-state index contributed by atoms with van der Waals surface area (Å²) in [7, 11) is 0. The van der Waals surface area contributed by atoms with E-state index in [0.717, 1.165) is 0 Å². The molecular formula is C11H14O5. The maximum absolute atomic E-state index is 12.1. The summed E-state index contributed by atoms with van der Waals surface area (Å²) in [5.41, 5.74) is -3.74. The fraction of sp³-hybridized carbons (Fsp3) is 0.727. The van der Waals surface area contributed by atoms with Crippen molar-refractivity contribution in [2.24, 2.45) is 16.2 Å². The summed E-state index contributed by atoms with van der Waals surface area (Å²) in [6.45, 7) is 3.10. The molecule has 2 unspecified atom stereocenters. The number of carbonyl (C=O) groups is 3. The van der Waals surface area contributed by atoms with Gasteiger partial charge >= 0.3 is 11.9 Å². The molecule has 0 aliphatic heterocycles. The van der Waals surface area contributed by atoms with Crippen LogP contribution in [0.3, 0.4) is 0 Å². The summed E-state index contributed by atoms with van der Waals surface area (Å²) >= 11 is 0. The Bertz CT molecular complexity index is 411. The van der Waals surface area contributed by atoms with Crippen LogP contribution in [0.25, 0.3) is 0 Å². The standard InChI is InChI=1S/C11H14O5/c1-9(2)6(12)10(7(13)14)3-4-11(9,5-10)8(15)16/h3-5H2,1-2H3,(H,13,14)(H,15,16). The van der Waals surface area contributed by atoms with Crippen LogP contribution in [-0.4, -0.2) is 27.9 Å². The van der Waals surface area contributed by atoms with E-state index in [4.69, 9.17) is 0 Å². The minimum atomic E-state index is -1.46. The van der Waals surface area contributed by atoms with Crippen LogP contribution in [0.2, 0.25) is 0 Å². The second-order valence-electron chi connectivity index (χ2n) is 5.41. The molecule has 88 valence electrons. The van der Waals surface area contributed by atoms with Crippen LogP contribution >= 0.6 is 0 Å². The molecule has 0 saturated heterocycles. The lowest BCUT2D eigenvalue weighted by Crippen LogP contribution is -2.47. The smallest absolute Gasteiger partial charge is 0.317 e. The van der Waals surface area contributed by atoms with Crippen molar-refractivity contribution in [3.8, 4) is 0 Å². The van der Waals surface area contributed by atoms with Crippen LogP contribution in [0.15, 0.2) is 0 Å². The topological polar surface area (TPSA) is 91.7 Å². The normalized spacial score (nSPS) is 40.0. The molecular weight excluding hydrogens is 212 g/mol. The predicted octanol–water partition coefficient (Wildman–Crippen LogP) is 0.921. The molecule has 0 spiro atoms. The zero-order chi connectivity index (χ0) is 12.4. The highest BCUT2D eigenvalue weighted by Crippen LogP contribution is 2.67. The molecule has 0 aromatic carbocycles. The predicted molar refractivity (Wildman–Crippen MR) is 52.8 cm³/mol. The first kappa shape index (κ1) is 11.1. The Morgan fingerprint density at radius 1 is 1.12 bits per heavy atom. The van der Waals surface area contributed by atoms with E-state index in [2.05, 4.69) is 0 Å². The molecule has 2 aliphatic rings. The molecule has 16 heavy (non-hydrogen) atoms. The van der Waals surface area contributed by atoms with Crippen molar-refractivity contribution in [3.63, 3.8) is 0 Å². The number of rotatable bonds is 2. The van der Waals surface area contributed by atoms with Crippen LogP contribution in [-0.2, 0) is 14.4 Å². The lowest BCUT2D eigenvalue weighted by molar-refractivity contribution is -0.162. The van der Waals surface area contributed by atoms with Crippen LogP contribution in [0.5, 0.6) is 0 Å². The van der Waals surface area contributed by atoms with Crippen LogP contribution in [0, 0.1) is 16.2 Å². The second-order valence-corrected chi connectivity index (χ2v) is 5.41. The molecule has 2 atom stereocenters. The van der Waals surface area contributed by atoms with Crippen LogP contribution in [0.4, 0.5) is 0 Å². The zero-order valence-corrected chi connectivity index (χ0v) is 9.24. The van der Waals surface area contributed by atoms with Gasteiger partial charge in [0.05, 0.1) is 5.41 Å². The van der Waals surface area contributed by atoms with Crippen molar-refractivity contribution < 1.29 is 24.6 Å². The molecule has 2 fully saturated rings. The Balaban J connectivity index is 2.61. The molecule has 2 aliphatic carbocycles. The van der Waals surface area contributed by atoms with E-state index in [9.17, 15) is 24.6 Å². The Morgan fingerprint density at radius 3 is 2.00 bits per heavy atom. The third-order valence-corrected chi connectivity index (χ3v) is 4.60. The highest BCUT2D eigenvalue weighted by atomic mass is 16.4. The molecule has 5 nitrogen and oxygen atoms in total. The summed E-state index contributed by atoms with van der Waals surface area (Å²) in [5, 5.41) is 18.5. The van der Waals surface area contributed by atoms with Gasteiger partial charge in [-0.3, -0.25) is 14.4 Å². The molecule has 2 saturated carbocycles. The number of aliphatic carboxylic acids is 2. The summed E-state index contributed by atoms with van der Waals surface area (Å²) < 4.78 is 0. The summed E-state index contributed by atoms with van der Waals surface area (Å²) in [5.74, 6) is -2.65. The van der Waals surface area contributed by atoms with Gasteiger partial charge in [-0.05, 0) is 19.3 Å². The number of hydrogen-bond acceptors (Lipinski definition) is 3. The number of hydrogen-bond donors (Lipinski definition) is 2. The SMILES string of the molecule is CC1(C)C(=O)C2(C(=O)O)CCC1(C(=O)O)C2. The minimum absolute atomic E-state index is 0.0590. The number of carbonyl (C=O) groups excluding carboxylic acids is 1. The number of carboxylic acids is 2. The maximum atomic E-state index is 12.1. The zero-order valence-electron chi connectivity index (χ0n) is 9.24. The average molecular weight is 226 g/mol. The largest absolute Gasteiger partial charge is 0.481 e. The molecule has 0 radical (unpaired) electrons. The molecule has 2 N–H and O–H groups in total. The van der Waals surface area contributed by atoms with Crippen LogP contribution < -0.4 is 0 Å². The Hall–Kier alpha value is -1.39. The first-order valence-electron chi connectivity index (χ1n) is 5.22. The first-order valence-corrected chi connectivity index (χ1v) is 5.22. The number of fused-ring (bicyclic) bond motifs is 2. The van der Waals surface area contributed by atoms with Gasteiger partial charge in [-0.1, -0.05) is 13.8 Å². The molecule has 5 heteroatoms. The van der Waals surface area contributed by atoms with Crippen molar-refractivity contribution in [2.45, 2.75) is 33.1 Å². The summed E-state index contributed by atoms with van der Waals surface area (Å²) in [4.78, 5) is 34.7. The second kappa shape index (κ2) is 2.64. The van der Waals surface area contributed by atoms with Crippen molar-refractivity contribution in [1.29, 1.82) is 0 Å². The van der Waals surface area contributed by atoms with E-state index >= 15 is 0 Å². The number of ketones is 1. The van der Waals surface area contributed by atoms with E-state index in [0.29, 0.717) is 0 Å². The third-order valence-electron chi connectivity index (χ3n) is 4.60. The fourth-order valence-corrected chi connectivity index (χ4v) is 3.39. The molecule has 2 rings (SSSR count). The maximum Gasteiger partial charge on any atom is 0.317 e. The van der Waals surface area contributed by atoms with E-state index in [1.165, 1.54) is 0 Å². The molecule has 0 amide bonds. The monoisotopic (exact) mass is 226 g/mol. The Morgan fingerprint density at radius 2 is 1.69 bits per heavy atom. The number of Topliss-reactive ketones (excluding diaryl/α,β-unsaturated/α-hetero) is 1. The van der Waals surface area contributed by atoms with Crippen molar-refractivity contribution in [2.75, 3.05) is 0 Å². The van der Waals surface area contributed by atoms with Gasteiger partial charge in [-0.25, -0.2) is 0 Å². The van der Waals surface area contributed by atoms with E-state index in [1.54, 1.807) is 13.8 Å². The third kappa shape index (κ3) is 0.854. The van der Waals surface area contributed by atoms with Gasteiger partial charge in [0.25, 0.3) is 0 Å². The fourth-order valence-electron chi connectivity index (χ4n) is 3.39. The molecule has 0 aromatic rings. The van der Waals surface area contributed by atoms with Crippen LogP contribution in [0.1, 0.15) is 33.1 Å². The molecule has 2 bridgehead atoms. The van der Waals surface area contributed by atoms with Gasteiger partial charge in [-0.2, -0.15) is 0 Å². The Labute approximate surface area is 92.5 Å². The van der Waals surface area contributed by atoms with Gasteiger partial charge < -0.3 is 10.2 Å². The van der Waals surface area contributed by atoms with Crippen molar-refractivity contribution in [1.82, 2.24) is 0 Å². The summed E-state index contributed by atoms with van der Waals surface area (Å²) in [6.07, 6.45) is 0.362. The molecule has 0 aromatic heterocycles. The van der Waals surface area contributed by atoms with Crippen molar-refractivity contribution >= 4 is 17.7 Å². The molecule has 0 heterocycles. The first-order chi connectivity index (χ1) is 7.21. The van der Waals surface area contributed by atoms with Gasteiger partial charge in [0.2, 0.25) is 0 Å². The van der Waals surface area contributed by atoms with Gasteiger partial charge in [-0.15, -0.1) is 0 Å². The van der Waals surface area contributed by atoms with Gasteiger partial charge in [0.15, 0.2) is 5.78 Å². The van der Waals surface area contributed by atoms with Gasteiger partial charge in [0, 0.05) is 5.41 Å². The number of carboxylic acid groups (broad SMARTS) is 2. The minimum Gasteiger partial charge on any atom is -0.481 e. The van der Waals surface area contributed by atoms with Crippen molar-refractivity contribution in [3.05, 3.63) is 0 Å². The quantitative estimate of drug-likeness (QED) is 0.683. The highest BCUT2D eigenvalue weighted by molar-refractivity contribution is 6.12. The van der Waals surface area contributed by atoms with E-state index < -0.39 is 34.0 Å². The lowest BCUT2D eigenvalue weighted by Gasteiger charge is -2.37. The summed E-state index contributed by atoms with van der Waals surface area (Å²) in [6, 6.07) is 0. The average Bonchev–Trinajstić information content (AvgIpc) is 2.64.